The molecule has 1 saturated heterocycles. The molecule has 0 radical (unpaired) electrons. The van der Waals surface area contributed by atoms with Gasteiger partial charge in [-0.05, 0) is 30.9 Å². The Kier molecular flexibility index (Phi) is 5.25. The fourth-order valence-electron chi connectivity index (χ4n) is 2.76. The molecule has 6 nitrogen and oxygen atoms in total. The quantitative estimate of drug-likeness (QED) is 0.590. The third kappa shape index (κ3) is 3.57. The molecule has 1 amide bonds. The van der Waals surface area contributed by atoms with Gasteiger partial charge in [-0.25, -0.2) is 0 Å². The molecule has 1 aromatic heterocycles. The summed E-state index contributed by atoms with van der Waals surface area (Å²) in [6, 6.07) is 3.44. The summed E-state index contributed by atoms with van der Waals surface area (Å²) in [7, 11) is 0. The average molecular weight is 295 g/mol. The smallest absolute Gasteiger partial charge is 0.267 e. The number of aromatic nitrogens is 1. The van der Waals surface area contributed by atoms with Gasteiger partial charge >= 0.3 is 0 Å². The van der Waals surface area contributed by atoms with E-state index in [4.69, 9.17) is 21.1 Å². The molecule has 0 spiro atoms. The van der Waals surface area contributed by atoms with E-state index in [1.54, 1.807) is 6.07 Å². The first kappa shape index (κ1) is 15.9. The SMILES string of the molecule is CCCCOC[C@@H]1C[C@H](C)[C@H](c2ccc(C(N)=O)n2N)O1. The zero-order valence-corrected chi connectivity index (χ0v) is 12.7. The van der Waals surface area contributed by atoms with Crippen molar-refractivity contribution in [3.8, 4) is 0 Å². The second kappa shape index (κ2) is 6.95. The molecule has 2 rings (SSSR count). The van der Waals surface area contributed by atoms with E-state index in [1.807, 2.05) is 6.07 Å². The lowest BCUT2D eigenvalue weighted by atomic mass is 10.00. The van der Waals surface area contributed by atoms with E-state index in [0.29, 0.717) is 18.2 Å². The molecule has 118 valence electrons. The number of ether oxygens (including phenoxy) is 2. The zero-order valence-electron chi connectivity index (χ0n) is 12.7. The van der Waals surface area contributed by atoms with Gasteiger partial charge < -0.3 is 21.1 Å². The highest BCUT2D eigenvalue weighted by molar-refractivity contribution is 5.91. The second-order valence-electron chi connectivity index (χ2n) is 5.70. The van der Waals surface area contributed by atoms with E-state index in [2.05, 4.69) is 13.8 Å². The number of unbranched alkanes of at least 4 members (excludes halogenated alkanes) is 1. The van der Waals surface area contributed by atoms with Crippen LogP contribution in [0.3, 0.4) is 0 Å². The van der Waals surface area contributed by atoms with E-state index in [0.717, 1.165) is 31.6 Å². The van der Waals surface area contributed by atoms with Crippen molar-refractivity contribution >= 4 is 5.91 Å². The molecular weight excluding hydrogens is 270 g/mol. The van der Waals surface area contributed by atoms with Crippen LogP contribution in [0.15, 0.2) is 12.1 Å². The summed E-state index contributed by atoms with van der Waals surface area (Å²) in [5.74, 6) is 5.72. The second-order valence-corrected chi connectivity index (χ2v) is 5.70. The van der Waals surface area contributed by atoms with E-state index < -0.39 is 5.91 Å². The maximum atomic E-state index is 11.3. The van der Waals surface area contributed by atoms with Gasteiger partial charge in [-0.15, -0.1) is 0 Å². The van der Waals surface area contributed by atoms with Gasteiger partial charge in [-0.2, -0.15) is 0 Å². The monoisotopic (exact) mass is 295 g/mol. The van der Waals surface area contributed by atoms with Crippen molar-refractivity contribution in [2.75, 3.05) is 19.1 Å². The van der Waals surface area contributed by atoms with E-state index in [1.165, 1.54) is 4.68 Å². The Morgan fingerprint density at radius 3 is 2.90 bits per heavy atom. The molecular formula is C15H25N3O3. The molecule has 0 unspecified atom stereocenters. The number of amides is 1. The number of hydrogen-bond donors (Lipinski definition) is 2. The molecule has 6 heteroatoms. The molecule has 1 aliphatic heterocycles. The van der Waals surface area contributed by atoms with Crippen molar-refractivity contribution in [2.45, 2.75) is 45.3 Å². The van der Waals surface area contributed by atoms with Crippen LogP contribution in [0.1, 0.15) is 55.4 Å². The number of carbonyl (C=O) groups excluding carboxylic acids is 1. The van der Waals surface area contributed by atoms with Crippen molar-refractivity contribution in [3.63, 3.8) is 0 Å². The lowest BCUT2D eigenvalue weighted by molar-refractivity contribution is -0.0218. The summed E-state index contributed by atoms with van der Waals surface area (Å²) in [6.45, 7) is 5.64. The standard InChI is InChI=1S/C15H25N3O3/c1-3-4-7-20-9-11-8-10(2)14(21-11)12-5-6-13(15(16)19)18(12)17/h5-6,10-11,14H,3-4,7-9,17H2,1-2H3,(H2,16,19)/t10-,11-,14+/m0/s1. The van der Waals surface area contributed by atoms with Crippen LogP contribution in [-0.2, 0) is 9.47 Å². The van der Waals surface area contributed by atoms with Gasteiger partial charge in [0.05, 0.1) is 18.4 Å². The first-order valence-corrected chi connectivity index (χ1v) is 7.54. The Morgan fingerprint density at radius 2 is 2.29 bits per heavy atom. The average Bonchev–Trinajstić information content (AvgIpc) is 2.98. The van der Waals surface area contributed by atoms with Crippen LogP contribution in [0.25, 0.3) is 0 Å². The van der Waals surface area contributed by atoms with Gasteiger partial charge in [0.15, 0.2) is 0 Å². The number of nitrogens with two attached hydrogens (primary N) is 2. The van der Waals surface area contributed by atoms with Gasteiger partial charge in [0.2, 0.25) is 0 Å². The third-order valence-corrected chi connectivity index (χ3v) is 3.93. The molecule has 0 aliphatic carbocycles. The van der Waals surface area contributed by atoms with E-state index in [-0.39, 0.29) is 12.2 Å². The first-order valence-electron chi connectivity index (χ1n) is 7.54. The highest BCUT2D eigenvalue weighted by atomic mass is 16.5. The predicted octanol–water partition coefficient (Wildman–Crippen LogP) is 1.58. The minimum atomic E-state index is -0.533. The van der Waals surface area contributed by atoms with Gasteiger partial charge in [0.25, 0.3) is 5.91 Å². The fourth-order valence-corrected chi connectivity index (χ4v) is 2.76. The Bertz CT molecular complexity index is 487. The summed E-state index contributed by atoms with van der Waals surface area (Å²) in [5, 5.41) is 0. The van der Waals surface area contributed by atoms with Gasteiger partial charge in [-0.1, -0.05) is 20.3 Å². The lowest BCUT2D eigenvalue weighted by Gasteiger charge is -2.17. The molecule has 4 N–H and O–H groups in total. The van der Waals surface area contributed by atoms with Crippen LogP contribution in [0, 0.1) is 5.92 Å². The summed E-state index contributed by atoms with van der Waals surface area (Å²) in [4.78, 5) is 11.3. The van der Waals surface area contributed by atoms with Gasteiger partial charge in [0.1, 0.15) is 11.8 Å². The van der Waals surface area contributed by atoms with Gasteiger partial charge in [-0.3, -0.25) is 9.47 Å². The van der Waals surface area contributed by atoms with Crippen molar-refractivity contribution in [3.05, 3.63) is 23.5 Å². The summed E-state index contributed by atoms with van der Waals surface area (Å²) in [6.07, 6.45) is 3.07. The number of rotatable bonds is 7. The van der Waals surface area contributed by atoms with Crippen molar-refractivity contribution < 1.29 is 14.3 Å². The number of nitrogen functional groups attached to an aromatic ring is 1. The van der Waals surface area contributed by atoms with Crippen molar-refractivity contribution in [2.24, 2.45) is 11.7 Å². The Labute approximate surface area is 125 Å². The third-order valence-electron chi connectivity index (χ3n) is 3.93. The zero-order chi connectivity index (χ0) is 15.4. The van der Waals surface area contributed by atoms with Crippen LogP contribution < -0.4 is 11.6 Å². The molecule has 1 aromatic rings. The topological polar surface area (TPSA) is 92.5 Å². The van der Waals surface area contributed by atoms with Crippen LogP contribution in [0.5, 0.6) is 0 Å². The molecule has 0 saturated carbocycles. The summed E-state index contributed by atoms with van der Waals surface area (Å²) in [5.41, 5.74) is 6.36. The molecule has 1 aliphatic rings. The number of primary amides is 1. The van der Waals surface area contributed by atoms with Gasteiger partial charge in [0, 0.05) is 6.61 Å². The highest BCUT2D eigenvalue weighted by Gasteiger charge is 2.35. The molecule has 3 atom stereocenters. The Balaban J connectivity index is 1.97. The minimum absolute atomic E-state index is 0.0776. The van der Waals surface area contributed by atoms with E-state index in [9.17, 15) is 4.79 Å². The predicted molar refractivity (Wildman–Crippen MR) is 80.2 cm³/mol. The first-order chi connectivity index (χ1) is 10.0. The van der Waals surface area contributed by atoms with Crippen LogP contribution in [0.4, 0.5) is 0 Å². The number of hydrogen-bond acceptors (Lipinski definition) is 4. The fraction of sp³-hybridized carbons (Fsp3) is 0.667. The molecule has 21 heavy (non-hydrogen) atoms. The largest absolute Gasteiger partial charge is 0.379 e. The minimum Gasteiger partial charge on any atom is -0.379 e. The summed E-state index contributed by atoms with van der Waals surface area (Å²) >= 11 is 0. The van der Waals surface area contributed by atoms with Crippen molar-refractivity contribution in [1.29, 1.82) is 0 Å². The number of nitrogens with zero attached hydrogens (tertiary/aromatic N) is 1. The van der Waals surface area contributed by atoms with Crippen molar-refractivity contribution in [1.82, 2.24) is 4.68 Å². The molecule has 0 aromatic carbocycles. The Morgan fingerprint density at radius 1 is 1.52 bits per heavy atom. The maximum Gasteiger partial charge on any atom is 0.267 e. The Hall–Kier alpha value is -1.53. The normalized spacial score (nSPS) is 25.3. The van der Waals surface area contributed by atoms with Crippen LogP contribution in [0.2, 0.25) is 0 Å². The van der Waals surface area contributed by atoms with Crippen LogP contribution in [-0.4, -0.2) is 29.9 Å². The lowest BCUT2D eigenvalue weighted by Crippen LogP contribution is -2.25. The molecule has 0 bridgehead atoms. The maximum absolute atomic E-state index is 11.3. The number of carbonyl (C=O) groups is 1. The highest BCUT2D eigenvalue weighted by Crippen LogP contribution is 2.38. The molecule has 1 fully saturated rings. The van der Waals surface area contributed by atoms with Crippen LogP contribution >= 0.6 is 0 Å². The molecule has 2 heterocycles. The summed E-state index contributed by atoms with van der Waals surface area (Å²) < 4.78 is 13.0. The van der Waals surface area contributed by atoms with E-state index >= 15 is 0 Å².